The molecule has 1 saturated heterocycles. The second kappa shape index (κ2) is 9.20. The number of aromatic nitrogens is 1. The molecule has 3 aromatic rings. The summed E-state index contributed by atoms with van der Waals surface area (Å²) in [4.78, 5) is 5.30. The van der Waals surface area contributed by atoms with E-state index in [1.165, 1.54) is 29.2 Å². The third-order valence-corrected chi connectivity index (χ3v) is 9.90. The fourth-order valence-corrected chi connectivity index (χ4v) is 7.46. The monoisotopic (exact) mass is 704 g/mol. The van der Waals surface area contributed by atoms with E-state index in [4.69, 9.17) is 15.9 Å². The van der Waals surface area contributed by atoms with Crippen molar-refractivity contribution in [2.75, 3.05) is 18.4 Å². The van der Waals surface area contributed by atoms with Crippen LogP contribution in [0.3, 0.4) is 0 Å². The van der Waals surface area contributed by atoms with Crippen LogP contribution in [0.1, 0.15) is 19.3 Å². The number of anilines is 1. The van der Waals surface area contributed by atoms with Crippen LogP contribution in [0.5, 0.6) is 0 Å². The minimum absolute atomic E-state index is 0.0452. The van der Waals surface area contributed by atoms with Gasteiger partial charge in [0.05, 0.1) is 5.52 Å². The number of nitrogens with one attached hydrogen (secondary N) is 4. The standard InChI is InChI=1S/C28H27I2N5O/c29-22-13-20(24(30)19-9-11-33-25(19)22)16-5-7-17(8-6-16)34-15-28-10-1-3-18(21(28)14-28)26(31)35-12-2-4-23(35)27(32)36/h1,3,5-11,13,21,23,31,33-34H,2,4,12,14-15H2,(H2,32,36)/p+1/t21-,23+,28?/m1/s1. The molecule has 184 valence electrons. The molecule has 2 fully saturated rings. The van der Waals surface area contributed by atoms with Crippen LogP contribution in [0.25, 0.3) is 22.0 Å². The lowest BCUT2D eigenvalue weighted by Crippen LogP contribution is -2.41. The van der Waals surface area contributed by atoms with E-state index in [9.17, 15) is 0 Å². The first kappa shape index (κ1) is 24.0. The van der Waals surface area contributed by atoms with Crippen molar-refractivity contribution in [3.05, 3.63) is 73.5 Å². The van der Waals surface area contributed by atoms with Crippen LogP contribution in [0.15, 0.2) is 66.4 Å². The van der Waals surface area contributed by atoms with Gasteiger partial charge in [-0.15, -0.1) is 0 Å². The zero-order chi connectivity index (χ0) is 25.0. The van der Waals surface area contributed by atoms with Gasteiger partial charge in [0.25, 0.3) is 0 Å². The molecule has 6 nitrogen and oxygen atoms in total. The Morgan fingerprint density at radius 1 is 1.19 bits per heavy atom. The topological polar surface area (TPSA) is 102 Å². The largest absolute Gasteiger partial charge is 0.581 e. The molecular formula is C28H28I2N5O+. The van der Waals surface area contributed by atoms with E-state index in [2.05, 4.69) is 110 Å². The lowest BCUT2D eigenvalue weighted by atomic mass is 9.92. The molecule has 8 heteroatoms. The summed E-state index contributed by atoms with van der Waals surface area (Å²) in [5.74, 6) is 0.771. The number of hydrogen-bond donors (Lipinski definition) is 4. The number of likely N-dealkylation sites (tertiary alicyclic amines) is 1. The molecule has 1 saturated carbocycles. The molecule has 1 unspecified atom stereocenters. The van der Waals surface area contributed by atoms with Gasteiger partial charge in [0.1, 0.15) is 5.84 Å². The predicted molar refractivity (Wildman–Crippen MR) is 164 cm³/mol. The Balaban J connectivity index is 1.14. The fourth-order valence-electron chi connectivity index (χ4n) is 5.78. The molecule has 2 aromatic carbocycles. The molecule has 2 aliphatic carbocycles. The van der Waals surface area contributed by atoms with Gasteiger partial charge in [-0.05, 0) is 111 Å². The Morgan fingerprint density at radius 2 is 2.00 bits per heavy atom. The van der Waals surface area contributed by atoms with Crippen molar-refractivity contribution in [2.45, 2.75) is 25.3 Å². The normalized spacial score (nSPS) is 24.5. The van der Waals surface area contributed by atoms with Gasteiger partial charge >= 0.3 is 5.90 Å². The zero-order valence-electron chi connectivity index (χ0n) is 19.7. The van der Waals surface area contributed by atoms with Gasteiger partial charge in [0.15, 0.2) is 6.04 Å². The Kier molecular flexibility index (Phi) is 6.14. The van der Waals surface area contributed by atoms with E-state index in [1.807, 2.05) is 11.1 Å². The Bertz CT molecular complexity index is 1440. The van der Waals surface area contributed by atoms with Crippen LogP contribution in [0.4, 0.5) is 5.69 Å². The minimum Gasteiger partial charge on any atom is -0.581 e. The Morgan fingerprint density at radius 3 is 2.78 bits per heavy atom. The molecule has 6 N–H and O–H groups in total. The summed E-state index contributed by atoms with van der Waals surface area (Å²) in [6.07, 6.45) is 11.2. The van der Waals surface area contributed by atoms with Gasteiger partial charge in [-0.3, -0.25) is 5.41 Å². The maximum Gasteiger partial charge on any atom is 0.346 e. The third-order valence-electron chi connectivity index (χ3n) is 7.89. The second-order valence-electron chi connectivity index (χ2n) is 10.0. The molecule has 2 heterocycles. The van der Waals surface area contributed by atoms with Crippen LogP contribution < -0.4 is 5.32 Å². The van der Waals surface area contributed by atoms with E-state index in [-0.39, 0.29) is 17.4 Å². The Labute approximate surface area is 237 Å². The molecule has 0 radical (unpaired) electrons. The number of allylic oxidation sites excluding steroid dienone is 2. The van der Waals surface area contributed by atoms with E-state index < -0.39 is 0 Å². The second-order valence-corrected chi connectivity index (χ2v) is 12.2. The summed E-state index contributed by atoms with van der Waals surface area (Å²) in [7, 11) is 0. The smallest absolute Gasteiger partial charge is 0.346 e. The number of hydrogen-bond acceptors (Lipinski definition) is 3. The maximum absolute atomic E-state index is 8.84. The van der Waals surface area contributed by atoms with Gasteiger partial charge in [0, 0.05) is 42.9 Å². The first-order valence-electron chi connectivity index (χ1n) is 12.2. The number of halogens is 2. The number of rotatable bonds is 6. The van der Waals surface area contributed by atoms with Gasteiger partial charge in [-0.1, -0.05) is 30.4 Å². The van der Waals surface area contributed by atoms with E-state index in [0.717, 1.165) is 43.6 Å². The molecule has 1 aromatic heterocycles. The van der Waals surface area contributed by atoms with Crippen molar-refractivity contribution < 1.29 is 5.11 Å². The lowest BCUT2D eigenvalue weighted by Gasteiger charge is -2.27. The van der Waals surface area contributed by atoms with Crippen LogP contribution in [-0.2, 0) is 0 Å². The lowest BCUT2D eigenvalue weighted by molar-refractivity contribution is 0.397. The number of H-pyrrole nitrogens is 1. The highest BCUT2D eigenvalue weighted by Gasteiger charge is 2.56. The van der Waals surface area contributed by atoms with Crippen molar-refractivity contribution in [3.8, 4) is 11.1 Å². The van der Waals surface area contributed by atoms with Crippen LogP contribution in [0.2, 0.25) is 0 Å². The average molecular weight is 704 g/mol. The highest BCUT2D eigenvalue weighted by molar-refractivity contribution is 14.1. The van der Waals surface area contributed by atoms with E-state index >= 15 is 0 Å². The molecule has 0 bridgehead atoms. The molecule has 0 amide bonds. The molecule has 0 spiro atoms. The fraction of sp³-hybridized carbons (Fsp3) is 0.286. The first-order valence-corrected chi connectivity index (χ1v) is 14.4. The van der Waals surface area contributed by atoms with Crippen molar-refractivity contribution >= 4 is 73.5 Å². The van der Waals surface area contributed by atoms with E-state index in [0.29, 0.717) is 11.8 Å². The van der Waals surface area contributed by atoms with Crippen molar-refractivity contribution in [2.24, 2.45) is 11.3 Å². The summed E-state index contributed by atoms with van der Waals surface area (Å²) < 4.78 is 2.49. The highest BCUT2D eigenvalue weighted by Crippen LogP contribution is 2.59. The first-order chi connectivity index (χ1) is 17.4. The number of nitrogens with zero attached hydrogens (tertiary/aromatic N) is 1. The van der Waals surface area contributed by atoms with E-state index in [1.54, 1.807) is 0 Å². The summed E-state index contributed by atoms with van der Waals surface area (Å²) in [5.41, 5.74) is 5.87. The van der Waals surface area contributed by atoms with Gasteiger partial charge in [0.2, 0.25) is 0 Å². The summed E-state index contributed by atoms with van der Waals surface area (Å²) in [6.45, 7) is 1.60. The van der Waals surface area contributed by atoms with Crippen LogP contribution in [0, 0.1) is 29.3 Å². The van der Waals surface area contributed by atoms with Crippen LogP contribution >= 0.6 is 45.2 Å². The van der Waals surface area contributed by atoms with Crippen LogP contribution in [-0.4, -0.2) is 45.9 Å². The number of benzene rings is 2. The number of fused-ring (bicyclic) bond motifs is 2. The Hall–Kier alpha value is -2.34. The highest BCUT2D eigenvalue weighted by atomic mass is 127. The predicted octanol–water partition coefficient (Wildman–Crippen LogP) is 6.10. The minimum atomic E-state index is -0.238. The molecule has 1 aliphatic heterocycles. The SMILES string of the molecule is N=C([OH2+])[C@@H]1CCCN1C(=N)C1=CC=CC2(CNc3ccc(-c4cc(I)c5[nH]ccc5c4I)cc3)C[C@H]12. The molecule has 3 aliphatic rings. The average Bonchev–Trinajstić information content (AvgIpc) is 3.22. The number of aromatic amines is 1. The zero-order valence-corrected chi connectivity index (χ0v) is 24.0. The van der Waals surface area contributed by atoms with Gasteiger partial charge < -0.3 is 20.3 Å². The third kappa shape index (κ3) is 4.06. The molecule has 3 atom stereocenters. The van der Waals surface area contributed by atoms with Crippen molar-refractivity contribution in [1.29, 1.82) is 10.8 Å². The molecule has 6 rings (SSSR count). The maximum atomic E-state index is 8.84. The van der Waals surface area contributed by atoms with Gasteiger partial charge in [-0.2, -0.15) is 0 Å². The quantitative estimate of drug-likeness (QED) is 0.108. The van der Waals surface area contributed by atoms with Crippen molar-refractivity contribution in [1.82, 2.24) is 9.88 Å². The van der Waals surface area contributed by atoms with Gasteiger partial charge in [-0.25, -0.2) is 5.41 Å². The molecular weight excluding hydrogens is 676 g/mol. The number of amidine groups is 1. The summed E-state index contributed by atoms with van der Waals surface area (Å²) >= 11 is 4.85. The van der Waals surface area contributed by atoms with Crippen molar-refractivity contribution in [3.63, 3.8) is 0 Å². The molecule has 36 heavy (non-hydrogen) atoms. The summed E-state index contributed by atoms with van der Waals surface area (Å²) in [6, 6.07) is 12.9. The summed E-state index contributed by atoms with van der Waals surface area (Å²) in [5, 5.41) is 29.3.